The first-order valence-electron chi connectivity index (χ1n) is 8.03. The fourth-order valence-electron chi connectivity index (χ4n) is 3.32. The van der Waals surface area contributed by atoms with E-state index >= 15 is 0 Å². The standard InChI is InChI=1S/C17H23N3O2S/c1-4-18-23(21,22)14-9-10-20(11-14)17-12(2)13(3)19-16-8-6-5-7-15(16)17/h5-8,14,18H,4,9-11H2,1-3H3. The molecule has 0 amide bonds. The zero-order valence-electron chi connectivity index (χ0n) is 13.8. The molecule has 1 N–H and O–H groups in total. The summed E-state index contributed by atoms with van der Waals surface area (Å²) in [4.78, 5) is 6.85. The zero-order valence-corrected chi connectivity index (χ0v) is 14.7. The number of hydrogen-bond acceptors (Lipinski definition) is 4. The molecule has 1 atom stereocenters. The molecule has 0 spiro atoms. The summed E-state index contributed by atoms with van der Waals surface area (Å²) in [6.45, 7) is 7.61. The van der Waals surface area contributed by atoms with E-state index in [2.05, 4.69) is 27.6 Å². The van der Waals surface area contributed by atoms with Gasteiger partial charge in [0.2, 0.25) is 10.0 Å². The van der Waals surface area contributed by atoms with Crippen LogP contribution >= 0.6 is 0 Å². The van der Waals surface area contributed by atoms with E-state index < -0.39 is 10.0 Å². The summed E-state index contributed by atoms with van der Waals surface area (Å²) < 4.78 is 27.2. The Balaban J connectivity index is 2.01. The molecule has 1 fully saturated rings. The molecule has 1 aromatic heterocycles. The second-order valence-corrected chi connectivity index (χ2v) is 8.13. The molecule has 1 aliphatic heterocycles. The van der Waals surface area contributed by atoms with Crippen LogP contribution in [0.25, 0.3) is 10.9 Å². The van der Waals surface area contributed by atoms with E-state index in [1.807, 2.05) is 32.0 Å². The maximum Gasteiger partial charge on any atom is 0.216 e. The zero-order chi connectivity index (χ0) is 16.6. The first-order chi connectivity index (χ1) is 10.9. The third-order valence-corrected chi connectivity index (χ3v) is 6.54. The van der Waals surface area contributed by atoms with Gasteiger partial charge >= 0.3 is 0 Å². The van der Waals surface area contributed by atoms with E-state index in [4.69, 9.17) is 0 Å². The number of hydrogen-bond donors (Lipinski definition) is 1. The number of anilines is 1. The fraction of sp³-hybridized carbons (Fsp3) is 0.471. The van der Waals surface area contributed by atoms with Crippen LogP contribution in [0.5, 0.6) is 0 Å². The largest absolute Gasteiger partial charge is 0.369 e. The highest BCUT2D eigenvalue weighted by atomic mass is 32.2. The molecule has 0 saturated carbocycles. The minimum absolute atomic E-state index is 0.353. The summed E-state index contributed by atoms with van der Waals surface area (Å²) in [6.07, 6.45) is 0.657. The van der Waals surface area contributed by atoms with Gasteiger partial charge in [-0.3, -0.25) is 4.98 Å². The highest BCUT2D eigenvalue weighted by Gasteiger charge is 2.34. The lowest BCUT2D eigenvalue weighted by atomic mass is 10.1. The van der Waals surface area contributed by atoms with Crippen molar-refractivity contribution < 1.29 is 8.42 Å². The maximum absolute atomic E-state index is 12.3. The third-order valence-electron chi connectivity index (χ3n) is 4.59. The number of sulfonamides is 1. The van der Waals surface area contributed by atoms with Crippen LogP contribution in [0, 0.1) is 13.8 Å². The van der Waals surface area contributed by atoms with Gasteiger partial charge in [0.15, 0.2) is 0 Å². The van der Waals surface area contributed by atoms with Crippen molar-refractivity contribution in [3.8, 4) is 0 Å². The van der Waals surface area contributed by atoms with Crippen LogP contribution in [0.1, 0.15) is 24.6 Å². The SMILES string of the molecule is CCNS(=O)(=O)C1CCN(c2c(C)c(C)nc3ccccc23)C1. The molecule has 0 radical (unpaired) electrons. The number of benzene rings is 1. The van der Waals surface area contributed by atoms with Crippen LogP contribution in [-0.4, -0.2) is 38.3 Å². The van der Waals surface area contributed by atoms with Crippen molar-refractivity contribution >= 4 is 26.6 Å². The summed E-state index contributed by atoms with van der Waals surface area (Å²) in [5.74, 6) is 0. The van der Waals surface area contributed by atoms with E-state index in [-0.39, 0.29) is 5.25 Å². The Kier molecular flexibility index (Phi) is 4.29. The number of aryl methyl sites for hydroxylation is 1. The number of aromatic nitrogens is 1. The van der Waals surface area contributed by atoms with Crippen molar-refractivity contribution in [3.63, 3.8) is 0 Å². The monoisotopic (exact) mass is 333 g/mol. The molecule has 2 heterocycles. The molecule has 0 aliphatic carbocycles. The van der Waals surface area contributed by atoms with E-state index in [1.54, 1.807) is 0 Å². The highest BCUT2D eigenvalue weighted by molar-refractivity contribution is 7.90. The second-order valence-electron chi connectivity index (χ2n) is 6.09. The van der Waals surface area contributed by atoms with Gasteiger partial charge in [0, 0.05) is 30.7 Å². The number of nitrogens with zero attached hydrogens (tertiary/aromatic N) is 2. The molecule has 1 saturated heterocycles. The molecule has 0 bridgehead atoms. The fourth-order valence-corrected chi connectivity index (χ4v) is 4.75. The predicted molar refractivity (Wildman–Crippen MR) is 94.4 cm³/mol. The third kappa shape index (κ3) is 2.93. The number of nitrogens with one attached hydrogen (secondary N) is 1. The molecule has 2 aromatic rings. The van der Waals surface area contributed by atoms with Crippen molar-refractivity contribution in [2.75, 3.05) is 24.5 Å². The van der Waals surface area contributed by atoms with Gasteiger partial charge in [0.05, 0.1) is 16.5 Å². The predicted octanol–water partition coefficient (Wildman–Crippen LogP) is 2.37. The van der Waals surface area contributed by atoms with Crippen molar-refractivity contribution in [2.45, 2.75) is 32.4 Å². The van der Waals surface area contributed by atoms with Crippen molar-refractivity contribution in [3.05, 3.63) is 35.5 Å². The van der Waals surface area contributed by atoms with Crippen molar-refractivity contribution in [1.29, 1.82) is 0 Å². The lowest BCUT2D eigenvalue weighted by Gasteiger charge is -2.24. The van der Waals surface area contributed by atoms with Crippen LogP contribution in [0.4, 0.5) is 5.69 Å². The van der Waals surface area contributed by atoms with Gasteiger partial charge < -0.3 is 4.90 Å². The average molecular weight is 333 g/mol. The number of rotatable bonds is 4. The maximum atomic E-state index is 12.3. The smallest absolute Gasteiger partial charge is 0.216 e. The summed E-state index contributed by atoms with van der Waals surface area (Å²) >= 11 is 0. The molecule has 5 nitrogen and oxygen atoms in total. The Hall–Kier alpha value is -1.66. The Labute approximate surface area is 137 Å². The van der Waals surface area contributed by atoms with E-state index in [1.165, 1.54) is 0 Å². The van der Waals surface area contributed by atoms with Crippen LogP contribution in [-0.2, 0) is 10.0 Å². The molecule has 124 valence electrons. The Morgan fingerprint density at radius 3 is 2.78 bits per heavy atom. The number of fused-ring (bicyclic) bond motifs is 1. The van der Waals surface area contributed by atoms with Gasteiger partial charge in [-0.1, -0.05) is 25.1 Å². The summed E-state index contributed by atoms with van der Waals surface area (Å²) in [5, 5.41) is 0.742. The molecule has 6 heteroatoms. The normalized spacial score (nSPS) is 18.7. The van der Waals surface area contributed by atoms with Crippen LogP contribution in [0.3, 0.4) is 0 Å². The average Bonchev–Trinajstić information content (AvgIpc) is 2.99. The molecule has 1 aromatic carbocycles. The number of para-hydroxylation sites is 1. The van der Waals surface area contributed by atoms with Gasteiger partial charge in [-0.2, -0.15) is 0 Å². The molecule has 1 unspecified atom stereocenters. The van der Waals surface area contributed by atoms with Crippen molar-refractivity contribution in [2.24, 2.45) is 0 Å². The summed E-state index contributed by atoms with van der Waals surface area (Å²) in [6, 6.07) is 8.06. The second kappa shape index (κ2) is 6.09. The van der Waals surface area contributed by atoms with Gasteiger partial charge in [0.25, 0.3) is 0 Å². The topological polar surface area (TPSA) is 62.3 Å². The molecule has 3 rings (SSSR count). The van der Waals surface area contributed by atoms with Crippen LogP contribution < -0.4 is 9.62 Å². The van der Waals surface area contributed by atoms with Gasteiger partial charge in [-0.15, -0.1) is 0 Å². The minimum Gasteiger partial charge on any atom is -0.369 e. The quantitative estimate of drug-likeness (QED) is 0.933. The molecular weight excluding hydrogens is 310 g/mol. The Morgan fingerprint density at radius 2 is 2.04 bits per heavy atom. The lowest BCUT2D eigenvalue weighted by Crippen LogP contribution is -2.36. The van der Waals surface area contributed by atoms with Crippen molar-refractivity contribution in [1.82, 2.24) is 9.71 Å². The summed E-state index contributed by atoms with van der Waals surface area (Å²) in [5.41, 5.74) is 4.22. The molecule has 23 heavy (non-hydrogen) atoms. The first-order valence-corrected chi connectivity index (χ1v) is 9.58. The lowest BCUT2D eigenvalue weighted by molar-refractivity contribution is 0.571. The van der Waals surface area contributed by atoms with E-state index in [0.29, 0.717) is 19.5 Å². The number of pyridine rings is 1. The highest BCUT2D eigenvalue weighted by Crippen LogP contribution is 2.34. The van der Waals surface area contributed by atoms with E-state index in [0.717, 1.165) is 34.4 Å². The summed E-state index contributed by atoms with van der Waals surface area (Å²) in [7, 11) is -3.23. The van der Waals surface area contributed by atoms with Gasteiger partial charge in [0.1, 0.15) is 0 Å². The van der Waals surface area contributed by atoms with E-state index in [9.17, 15) is 8.42 Å². The van der Waals surface area contributed by atoms with Gasteiger partial charge in [-0.25, -0.2) is 13.1 Å². The molecular formula is C17H23N3O2S. The van der Waals surface area contributed by atoms with Gasteiger partial charge in [-0.05, 0) is 31.9 Å². The minimum atomic E-state index is -3.23. The Bertz CT molecular complexity index is 833. The van der Waals surface area contributed by atoms with Crippen LogP contribution in [0.15, 0.2) is 24.3 Å². The first kappa shape index (κ1) is 16.2. The van der Waals surface area contributed by atoms with Crippen LogP contribution in [0.2, 0.25) is 0 Å². The Morgan fingerprint density at radius 1 is 1.30 bits per heavy atom. The molecule has 1 aliphatic rings.